The van der Waals surface area contributed by atoms with Gasteiger partial charge >= 0.3 is 5.97 Å². The summed E-state index contributed by atoms with van der Waals surface area (Å²) < 4.78 is 12.9. The fraction of sp³-hybridized carbons (Fsp3) is 0.423. The van der Waals surface area contributed by atoms with Crippen LogP contribution in [0, 0.1) is 6.92 Å². The summed E-state index contributed by atoms with van der Waals surface area (Å²) >= 11 is 2.13. The maximum atomic E-state index is 12.7. The van der Waals surface area contributed by atoms with Crippen LogP contribution in [0.5, 0.6) is 5.75 Å². The van der Waals surface area contributed by atoms with Crippen LogP contribution in [-0.2, 0) is 22.0 Å². The molecule has 0 spiro atoms. The molecular formula is C26H33N5O5S2. The second-order valence-corrected chi connectivity index (χ2v) is 11.6. The molecule has 0 radical (unpaired) electrons. The van der Waals surface area contributed by atoms with E-state index in [4.69, 9.17) is 15.2 Å². The molecule has 0 saturated carbocycles. The second-order valence-electron chi connectivity index (χ2n) is 9.62. The number of aromatic nitrogens is 3. The number of nitrogens with zero attached hydrogens (tertiary/aromatic N) is 3. The number of hydrogen-bond donors (Lipinski definition) is 2. The van der Waals surface area contributed by atoms with Gasteiger partial charge in [0.25, 0.3) is 5.91 Å². The summed E-state index contributed by atoms with van der Waals surface area (Å²) in [6.45, 7) is 11.8. The molecule has 0 saturated heterocycles. The first-order chi connectivity index (χ1) is 17.8. The van der Waals surface area contributed by atoms with Crippen molar-refractivity contribution in [1.29, 1.82) is 0 Å². The molecule has 38 heavy (non-hydrogen) atoms. The van der Waals surface area contributed by atoms with Crippen LogP contribution < -0.4 is 15.8 Å². The fourth-order valence-corrected chi connectivity index (χ4v) is 5.46. The zero-order valence-electron chi connectivity index (χ0n) is 22.6. The zero-order valence-corrected chi connectivity index (χ0v) is 24.2. The SMILES string of the molecule is CCOC(=O)c1c(NC(=O)CSc2nnc(C(C)Oc3ccc(C(C)(C)C)cc3)n2C)sc(C(N)=O)c1C. The molecule has 1 aromatic carbocycles. The number of hydrogen-bond acceptors (Lipinski definition) is 9. The van der Waals surface area contributed by atoms with Crippen molar-refractivity contribution in [2.75, 3.05) is 17.7 Å². The molecule has 1 unspecified atom stereocenters. The molecule has 3 aromatic rings. The van der Waals surface area contributed by atoms with E-state index < -0.39 is 11.9 Å². The number of carbonyl (C=O) groups is 3. The van der Waals surface area contributed by atoms with E-state index in [0.29, 0.717) is 16.5 Å². The van der Waals surface area contributed by atoms with Gasteiger partial charge in [0.2, 0.25) is 5.91 Å². The summed E-state index contributed by atoms with van der Waals surface area (Å²) in [5, 5.41) is 11.9. The molecule has 3 rings (SSSR count). The number of anilines is 1. The highest BCUT2D eigenvalue weighted by atomic mass is 32.2. The molecule has 2 aromatic heterocycles. The third kappa shape index (κ3) is 6.73. The minimum atomic E-state index is -0.680. The molecular weight excluding hydrogens is 526 g/mol. The quantitative estimate of drug-likeness (QED) is 0.271. The van der Waals surface area contributed by atoms with Gasteiger partial charge in [-0.3, -0.25) is 9.59 Å². The van der Waals surface area contributed by atoms with E-state index >= 15 is 0 Å². The Kier molecular flexibility index (Phi) is 9.21. The van der Waals surface area contributed by atoms with Crippen LogP contribution in [0.15, 0.2) is 29.4 Å². The normalized spacial score (nSPS) is 12.2. The van der Waals surface area contributed by atoms with Gasteiger partial charge in [-0.1, -0.05) is 44.7 Å². The summed E-state index contributed by atoms with van der Waals surface area (Å²) in [5.74, 6) is -0.359. The number of nitrogens with one attached hydrogen (secondary N) is 1. The Morgan fingerprint density at radius 2 is 1.84 bits per heavy atom. The molecule has 3 N–H and O–H groups in total. The minimum Gasteiger partial charge on any atom is -0.483 e. The molecule has 0 fully saturated rings. The third-order valence-corrected chi connectivity index (χ3v) is 7.94. The average molecular weight is 560 g/mol. The average Bonchev–Trinajstić information content (AvgIpc) is 3.36. The van der Waals surface area contributed by atoms with Crippen LogP contribution >= 0.6 is 23.1 Å². The van der Waals surface area contributed by atoms with E-state index in [-0.39, 0.29) is 45.2 Å². The van der Waals surface area contributed by atoms with Crippen molar-refractivity contribution in [3.05, 3.63) is 51.7 Å². The molecule has 2 amide bonds. The maximum absolute atomic E-state index is 12.7. The Morgan fingerprint density at radius 1 is 1.18 bits per heavy atom. The Balaban J connectivity index is 1.66. The lowest BCUT2D eigenvalue weighted by Crippen LogP contribution is -2.17. The van der Waals surface area contributed by atoms with Crippen LogP contribution in [0.3, 0.4) is 0 Å². The van der Waals surface area contributed by atoms with Gasteiger partial charge in [-0.05, 0) is 49.4 Å². The summed E-state index contributed by atoms with van der Waals surface area (Å²) in [6, 6.07) is 7.97. The van der Waals surface area contributed by atoms with Gasteiger partial charge in [-0.2, -0.15) is 0 Å². The van der Waals surface area contributed by atoms with Gasteiger partial charge in [-0.25, -0.2) is 4.79 Å². The molecule has 0 aliphatic carbocycles. The lowest BCUT2D eigenvalue weighted by Gasteiger charge is -2.20. The molecule has 12 heteroatoms. The highest BCUT2D eigenvalue weighted by Gasteiger charge is 2.26. The number of nitrogens with two attached hydrogens (primary N) is 1. The minimum absolute atomic E-state index is 0.000590. The number of amides is 2. The van der Waals surface area contributed by atoms with Crippen LogP contribution in [-0.4, -0.2) is 44.9 Å². The van der Waals surface area contributed by atoms with Crippen LogP contribution in [0.25, 0.3) is 0 Å². The highest BCUT2D eigenvalue weighted by molar-refractivity contribution is 7.99. The molecule has 204 valence electrons. The van der Waals surface area contributed by atoms with Gasteiger partial charge in [0.15, 0.2) is 17.1 Å². The number of primary amides is 1. The molecule has 0 bridgehead atoms. The molecule has 1 atom stereocenters. The Hall–Kier alpha value is -3.38. The Labute approximate surface area is 230 Å². The lowest BCUT2D eigenvalue weighted by molar-refractivity contribution is -0.113. The van der Waals surface area contributed by atoms with E-state index in [1.165, 1.54) is 17.3 Å². The van der Waals surface area contributed by atoms with Crippen molar-refractivity contribution in [1.82, 2.24) is 14.8 Å². The maximum Gasteiger partial charge on any atom is 0.341 e. The molecule has 0 aliphatic rings. The Morgan fingerprint density at radius 3 is 2.42 bits per heavy atom. The van der Waals surface area contributed by atoms with Crippen molar-refractivity contribution >= 4 is 45.9 Å². The van der Waals surface area contributed by atoms with Crippen molar-refractivity contribution in [2.45, 2.75) is 58.2 Å². The standard InChI is InChI=1S/C26H33N5O5S2/c1-8-35-24(34)19-14(2)20(21(27)33)38-23(19)28-18(32)13-37-25-30-29-22(31(25)7)15(3)36-17-11-9-16(10-12-17)26(4,5)6/h9-12,15H,8,13H2,1-7H3,(H2,27,33)(H,28,32). The van der Waals surface area contributed by atoms with Crippen LogP contribution in [0.2, 0.25) is 0 Å². The first-order valence-electron chi connectivity index (χ1n) is 12.0. The lowest BCUT2D eigenvalue weighted by atomic mass is 9.87. The van der Waals surface area contributed by atoms with Crippen LogP contribution in [0.4, 0.5) is 5.00 Å². The molecule has 2 heterocycles. The number of ether oxygens (including phenoxy) is 2. The molecule has 0 aliphatic heterocycles. The monoisotopic (exact) mass is 559 g/mol. The largest absolute Gasteiger partial charge is 0.483 e. The van der Waals surface area contributed by atoms with Gasteiger partial charge in [-0.15, -0.1) is 21.5 Å². The van der Waals surface area contributed by atoms with Crippen molar-refractivity contribution < 1.29 is 23.9 Å². The van der Waals surface area contributed by atoms with E-state index in [1.54, 1.807) is 25.5 Å². The van der Waals surface area contributed by atoms with E-state index in [0.717, 1.165) is 17.1 Å². The van der Waals surface area contributed by atoms with Gasteiger partial charge in [0.05, 0.1) is 22.8 Å². The summed E-state index contributed by atoms with van der Waals surface area (Å²) in [7, 11) is 1.80. The number of carbonyl (C=O) groups excluding carboxylic acids is 3. The van der Waals surface area contributed by atoms with Crippen molar-refractivity contribution in [3.63, 3.8) is 0 Å². The van der Waals surface area contributed by atoms with Gasteiger partial charge < -0.3 is 25.1 Å². The van der Waals surface area contributed by atoms with Crippen molar-refractivity contribution in [2.24, 2.45) is 12.8 Å². The van der Waals surface area contributed by atoms with Crippen LogP contribution in [0.1, 0.15) is 77.7 Å². The first kappa shape index (κ1) is 29.2. The summed E-state index contributed by atoms with van der Waals surface area (Å²) in [6.07, 6.45) is -0.371. The Bertz CT molecular complexity index is 1320. The second kappa shape index (κ2) is 12.0. The number of thioether (sulfide) groups is 1. The van der Waals surface area contributed by atoms with Crippen molar-refractivity contribution in [3.8, 4) is 5.75 Å². The van der Waals surface area contributed by atoms with Gasteiger partial charge in [0.1, 0.15) is 10.8 Å². The smallest absolute Gasteiger partial charge is 0.341 e. The van der Waals surface area contributed by atoms with E-state index in [1.807, 2.05) is 31.2 Å². The third-order valence-electron chi connectivity index (χ3n) is 5.70. The highest BCUT2D eigenvalue weighted by Crippen LogP contribution is 2.34. The van der Waals surface area contributed by atoms with E-state index in [9.17, 15) is 14.4 Å². The fourth-order valence-electron chi connectivity index (χ4n) is 3.67. The number of thiophene rings is 1. The molecule has 10 nitrogen and oxygen atoms in total. The predicted molar refractivity (Wildman–Crippen MR) is 148 cm³/mol. The first-order valence-corrected chi connectivity index (χ1v) is 13.8. The summed E-state index contributed by atoms with van der Waals surface area (Å²) in [4.78, 5) is 37.1. The van der Waals surface area contributed by atoms with Gasteiger partial charge in [0, 0.05) is 7.05 Å². The predicted octanol–water partition coefficient (Wildman–Crippen LogP) is 4.63. The number of esters is 1. The van der Waals surface area contributed by atoms with E-state index in [2.05, 4.69) is 36.3 Å². The topological polar surface area (TPSA) is 138 Å². The summed E-state index contributed by atoms with van der Waals surface area (Å²) in [5.41, 5.74) is 7.20. The number of benzene rings is 1. The number of rotatable bonds is 10. The zero-order chi connectivity index (χ0) is 28.2.